The van der Waals surface area contributed by atoms with E-state index >= 15 is 0 Å². The molecular weight excluding hydrogens is 486 g/mol. The van der Waals surface area contributed by atoms with E-state index in [1.165, 1.54) is 6.33 Å². The summed E-state index contributed by atoms with van der Waals surface area (Å²) in [6.07, 6.45) is 2.12. The number of amides is 3. The van der Waals surface area contributed by atoms with Gasteiger partial charge in [-0.2, -0.15) is 0 Å². The van der Waals surface area contributed by atoms with Gasteiger partial charge in [-0.25, -0.2) is 9.97 Å². The van der Waals surface area contributed by atoms with Crippen LogP contribution in [0.25, 0.3) is 10.9 Å². The van der Waals surface area contributed by atoms with Crippen molar-refractivity contribution in [1.82, 2.24) is 14.9 Å². The van der Waals surface area contributed by atoms with Crippen molar-refractivity contribution < 1.29 is 23.9 Å². The summed E-state index contributed by atoms with van der Waals surface area (Å²) in [6, 6.07) is 15.9. The number of rotatable bonds is 6. The second-order valence-corrected chi connectivity index (χ2v) is 8.95. The van der Waals surface area contributed by atoms with E-state index in [9.17, 15) is 14.4 Å². The molecule has 0 unspecified atom stereocenters. The van der Waals surface area contributed by atoms with Gasteiger partial charge in [0.05, 0.1) is 30.9 Å². The fourth-order valence-electron chi connectivity index (χ4n) is 4.96. The first-order valence-electron chi connectivity index (χ1n) is 12.0. The Morgan fingerprint density at radius 3 is 2.37 bits per heavy atom. The average molecular weight is 510 g/mol. The third-order valence-electron chi connectivity index (χ3n) is 6.85. The maximum atomic E-state index is 13.2. The number of aromatic nitrogens is 2. The molecule has 0 radical (unpaired) electrons. The monoisotopic (exact) mass is 509 g/mol. The van der Waals surface area contributed by atoms with Crippen molar-refractivity contribution in [2.24, 2.45) is 0 Å². The average Bonchev–Trinajstić information content (AvgIpc) is 3.47. The Kier molecular flexibility index (Phi) is 5.64. The van der Waals surface area contributed by atoms with Crippen LogP contribution in [-0.2, 0) is 11.2 Å². The number of nitrogens with one attached hydrogen (secondary N) is 1. The second-order valence-electron chi connectivity index (χ2n) is 8.95. The molecule has 3 amide bonds. The largest absolute Gasteiger partial charge is 0.493 e. The summed E-state index contributed by atoms with van der Waals surface area (Å²) in [6.45, 7) is 0.165. The zero-order valence-corrected chi connectivity index (χ0v) is 20.7. The Labute approximate surface area is 217 Å². The molecule has 10 heteroatoms. The van der Waals surface area contributed by atoms with Crippen LogP contribution in [0.5, 0.6) is 11.5 Å². The van der Waals surface area contributed by atoms with Gasteiger partial charge in [0.25, 0.3) is 11.8 Å². The van der Waals surface area contributed by atoms with Crippen LogP contribution in [0.3, 0.4) is 0 Å². The van der Waals surface area contributed by atoms with E-state index < -0.39 is 11.8 Å². The van der Waals surface area contributed by atoms with Crippen LogP contribution < -0.4 is 19.7 Å². The lowest BCUT2D eigenvalue weighted by Gasteiger charge is -2.21. The van der Waals surface area contributed by atoms with E-state index in [0.717, 1.165) is 27.2 Å². The van der Waals surface area contributed by atoms with Gasteiger partial charge in [0.1, 0.15) is 18.7 Å². The van der Waals surface area contributed by atoms with Gasteiger partial charge >= 0.3 is 0 Å². The number of methoxy groups -OCH3 is 2. The highest BCUT2D eigenvalue weighted by molar-refractivity contribution is 6.22. The Bertz CT molecular complexity index is 1600. The molecule has 2 aliphatic heterocycles. The van der Waals surface area contributed by atoms with Crippen LogP contribution in [0.15, 0.2) is 60.9 Å². The number of fused-ring (bicyclic) bond motifs is 3. The predicted molar refractivity (Wildman–Crippen MR) is 140 cm³/mol. The topological polar surface area (TPSA) is 114 Å². The maximum absolute atomic E-state index is 13.2. The van der Waals surface area contributed by atoms with Crippen LogP contribution >= 0.6 is 0 Å². The van der Waals surface area contributed by atoms with Gasteiger partial charge in [-0.1, -0.05) is 12.1 Å². The highest BCUT2D eigenvalue weighted by atomic mass is 16.5. The molecule has 0 fully saturated rings. The number of carbonyl (C=O) groups is 3. The molecule has 0 bridgehead atoms. The van der Waals surface area contributed by atoms with Crippen LogP contribution in [0.4, 0.5) is 17.2 Å². The lowest BCUT2D eigenvalue weighted by Crippen LogP contribution is -2.42. The summed E-state index contributed by atoms with van der Waals surface area (Å²) in [7, 11) is 3.14. The highest BCUT2D eigenvalue weighted by Gasteiger charge is 2.38. The van der Waals surface area contributed by atoms with Gasteiger partial charge in [0.15, 0.2) is 11.5 Å². The van der Waals surface area contributed by atoms with Crippen molar-refractivity contribution in [2.45, 2.75) is 6.42 Å². The lowest BCUT2D eigenvalue weighted by molar-refractivity contribution is -0.118. The Morgan fingerprint density at radius 2 is 1.66 bits per heavy atom. The van der Waals surface area contributed by atoms with E-state index in [-0.39, 0.29) is 12.5 Å². The summed E-state index contributed by atoms with van der Waals surface area (Å²) >= 11 is 0. The molecule has 2 aliphatic rings. The van der Waals surface area contributed by atoms with Crippen molar-refractivity contribution in [2.75, 3.05) is 37.5 Å². The number of nitrogens with zero attached hydrogens (tertiary/aromatic N) is 4. The molecule has 4 aromatic rings. The first-order valence-corrected chi connectivity index (χ1v) is 12.0. The third-order valence-corrected chi connectivity index (χ3v) is 6.85. The molecule has 38 heavy (non-hydrogen) atoms. The van der Waals surface area contributed by atoms with Gasteiger partial charge < -0.3 is 19.7 Å². The first kappa shape index (κ1) is 23.4. The summed E-state index contributed by atoms with van der Waals surface area (Å²) in [5, 5.41) is 4.11. The quantitative estimate of drug-likeness (QED) is 0.393. The number of anilines is 3. The number of ether oxygens (including phenoxy) is 2. The SMILES string of the molecule is COc1cc2ncnc(Nc3ccc4c(c3)CCN4C(=O)CN3C(=O)c4ccccc4C3=O)c2cc1OC. The number of hydrogen-bond acceptors (Lipinski definition) is 8. The zero-order valence-electron chi connectivity index (χ0n) is 20.7. The normalized spacial score (nSPS) is 14.1. The molecule has 6 rings (SSSR count). The molecule has 1 aromatic heterocycles. The molecular formula is C28H23N5O5. The first-order chi connectivity index (χ1) is 18.5. The van der Waals surface area contributed by atoms with Crippen molar-refractivity contribution in [3.05, 3.63) is 77.6 Å². The predicted octanol–water partition coefficient (Wildman–Crippen LogP) is 3.58. The molecule has 1 N–H and O–H groups in total. The molecule has 3 heterocycles. The summed E-state index contributed by atoms with van der Waals surface area (Å²) in [5.41, 5.74) is 3.89. The smallest absolute Gasteiger partial charge is 0.262 e. The minimum atomic E-state index is -0.441. The van der Waals surface area contributed by atoms with Crippen molar-refractivity contribution in [1.29, 1.82) is 0 Å². The van der Waals surface area contributed by atoms with E-state index in [1.54, 1.807) is 49.5 Å². The van der Waals surface area contributed by atoms with Gasteiger partial charge in [-0.15, -0.1) is 0 Å². The van der Waals surface area contributed by atoms with Gasteiger partial charge in [0, 0.05) is 29.4 Å². The Balaban J connectivity index is 1.22. The van der Waals surface area contributed by atoms with Gasteiger partial charge in [0.2, 0.25) is 5.91 Å². The molecule has 190 valence electrons. The van der Waals surface area contributed by atoms with E-state index in [0.29, 0.717) is 46.9 Å². The molecule has 3 aromatic carbocycles. The minimum absolute atomic E-state index is 0.302. The molecule has 0 aliphatic carbocycles. The van der Waals surface area contributed by atoms with Crippen LogP contribution in [0, 0.1) is 0 Å². The zero-order chi connectivity index (χ0) is 26.4. The molecule has 10 nitrogen and oxygen atoms in total. The van der Waals surface area contributed by atoms with E-state index in [1.807, 2.05) is 24.3 Å². The summed E-state index contributed by atoms with van der Waals surface area (Å²) in [5.74, 6) is 0.565. The molecule has 0 spiro atoms. The molecule has 0 saturated carbocycles. The van der Waals surface area contributed by atoms with Crippen molar-refractivity contribution in [3.63, 3.8) is 0 Å². The molecule has 0 saturated heterocycles. The minimum Gasteiger partial charge on any atom is -0.493 e. The van der Waals surface area contributed by atoms with Crippen molar-refractivity contribution in [3.8, 4) is 11.5 Å². The van der Waals surface area contributed by atoms with Gasteiger partial charge in [-0.05, 0) is 48.4 Å². The number of carbonyl (C=O) groups excluding carboxylic acids is 3. The highest BCUT2D eigenvalue weighted by Crippen LogP contribution is 2.36. The maximum Gasteiger partial charge on any atom is 0.262 e. The molecule has 0 atom stereocenters. The number of imide groups is 1. The van der Waals surface area contributed by atoms with Gasteiger partial charge in [-0.3, -0.25) is 19.3 Å². The summed E-state index contributed by atoms with van der Waals surface area (Å²) in [4.78, 5) is 49.9. The second kappa shape index (κ2) is 9.15. The third kappa shape index (κ3) is 3.78. The fraction of sp³-hybridized carbons (Fsp3) is 0.179. The number of benzene rings is 3. The van der Waals surface area contributed by atoms with Crippen LogP contribution in [-0.4, -0.2) is 59.9 Å². The van der Waals surface area contributed by atoms with Crippen LogP contribution in [0.2, 0.25) is 0 Å². The standard InChI is InChI=1S/C28H23N5O5/c1-37-23-12-20-21(13-24(23)38-2)29-15-30-26(20)31-17-7-8-22-16(11-17)9-10-32(22)25(34)14-33-27(35)18-5-3-4-6-19(18)28(33)36/h3-8,11-13,15H,9-10,14H2,1-2H3,(H,29,30,31). The fourth-order valence-corrected chi connectivity index (χ4v) is 4.96. The lowest BCUT2D eigenvalue weighted by atomic mass is 10.1. The Morgan fingerprint density at radius 1 is 0.947 bits per heavy atom. The van der Waals surface area contributed by atoms with Crippen molar-refractivity contribution >= 4 is 45.8 Å². The van der Waals surface area contributed by atoms with E-state index in [4.69, 9.17) is 9.47 Å². The summed E-state index contributed by atoms with van der Waals surface area (Å²) < 4.78 is 10.8. The Hall–Kier alpha value is -4.99. The van der Waals surface area contributed by atoms with E-state index in [2.05, 4.69) is 15.3 Å². The van der Waals surface area contributed by atoms with Crippen LogP contribution in [0.1, 0.15) is 26.3 Å². The number of hydrogen-bond donors (Lipinski definition) is 1.